The lowest BCUT2D eigenvalue weighted by Crippen LogP contribution is -2.05. The Hall–Kier alpha value is -1.77. The average molecular weight is 282 g/mol. The monoisotopic (exact) mass is 282 g/mol. The topological polar surface area (TPSA) is 20.2 Å². The minimum Gasteiger partial charge on any atom is -0.339 e. The summed E-state index contributed by atoms with van der Waals surface area (Å²) < 4.78 is 11.6. The highest BCUT2D eigenvalue weighted by atomic mass is 32.3. The minimum absolute atomic E-state index is 0.923. The van der Waals surface area contributed by atoms with Crippen LogP contribution in [0.3, 0.4) is 0 Å². The van der Waals surface area contributed by atoms with E-state index in [9.17, 15) is 4.55 Å². The molecule has 2 aromatic carbocycles. The summed E-state index contributed by atoms with van der Waals surface area (Å²) in [5, 5.41) is 0. The van der Waals surface area contributed by atoms with Gasteiger partial charge in [0, 0.05) is 9.79 Å². The van der Waals surface area contributed by atoms with Gasteiger partial charge in [0.05, 0.1) is 0 Å². The third-order valence-corrected chi connectivity index (χ3v) is 6.53. The highest BCUT2D eigenvalue weighted by Crippen LogP contribution is 2.66. The summed E-state index contributed by atoms with van der Waals surface area (Å²) >= 11 is 0. The second-order valence-corrected chi connectivity index (χ2v) is 7.43. The lowest BCUT2D eigenvalue weighted by molar-refractivity contribution is 0.627. The molecule has 3 rings (SSSR count). The van der Waals surface area contributed by atoms with Crippen molar-refractivity contribution >= 4 is 10.3 Å². The molecule has 0 unspecified atom stereocenters. The predicted octanol–water partition coefficient (Wildman–Crippen LogP) is 5.62. The van der Waals surface area contributed by atoms with Gasteiger partial charge < -0.3 is 4.55 Å². The van der Waals surface area contributed by atoms with Crippen LogP contribution in [0.25, 0.3) is 0 Å². The maximum Gasteiger partial charge on any atom is 0.0210 e. The Morgan fingerprint density at radius 2 is 1.35 bits per heavy atom. The van der Waals surface area contributed by atoms with Gasteiger partial charge in [0.2, 0.25) is 0 Å². The van der Waals surface area contributed by atoms with Crippen molar-refractivity contribution in [2.24, 2.45) is 0 Å². The van der Waals surface area contributed by atoms with Crippen LogP contribution in [0.2, 0.25) is 0 Å². The summed E-state index contributed by atoms with van der Waals surface area (Å²) in [4.78, 5) is 3.15. The van der Waals surface area contributed by atoms with Crippen LogP contribution in [0.15, 0.2) is 93.6 Å². The first-order chi connectivity index (χ1) is 9.82. The summed E-state index contributed by atoms with van der Waals surface area (Å²) in [6.45, 7) is 0. The summed E-state index contributed by atoms with van der Waals surface area (Å²) in [6, 6.07) is 20.1. The fraction of sp³-hybridized carbons (Fsp3) is 0.111. The molecular weight excluding hydrogens is 264 g/mol. The van der Waals surface area contributed by atoms with Gasteiger partial charge >= 0.3 is 0 Å². The van der Waals surface area contributed by atoms with E-state index in [2.05, 4.69) is 18.2 Å². The van der Waals surface area contributed by atoms with Gasteiger partial charge in [0.15, 0.2) is 0 Å². The molecule has 1 N–H and O–H groups in total. The van der Waals surface area contributed by atoms with Crippen LogP contribution in [0.5, 0.6) is 0 Å². The molecule has 0 bridgehead atoms. The van der Waals surface area contributed by atoms with Gasteiger partial charge in [0.1, 0.15) is 0 Å². The molecule has 1 aliphatic rings. The zero-order valence-electron chi connectivity index (χ0n) is 11.3. The van der Waals surface area contributed by atoms with Crippen LogP contribution in [0.4, 0.5) is 0 Å². The molecule has 20 heavy (non-hydrogen) atoms. The minimum atomic E-state index is -2.09. The molecule has 0 aromatic heterocycles. The van der Waals surface area contributed by atoms with E-state index in [1.165, 1.54) is 0 Å². The van der Waals surface area contributed by atoms with Gasteiger partial charge in [-0.15, -0.1) is 0 Å². The zero-order valence-corrected chi connectivity index (χ0v) is 12.1. The van der Waals surface area contributed by atoms with E-state index >= 15 is 0 Å². The summed E-state index contributed by atoms with van der Waals surface area (Å²) in [5.74, 6) is 0. The summed E-state index contributed by atoms with van der Waals surface area (Å²) in [5.41, 5.74) is 0. The third-order valence-electron chi connectivity index (χ3n) is 3.52. The fourth-order valence-corrected chi connectivity index (χ4v) is 5.17. The Morgan fingerprint density at radius 3 is 1.80 bits per heavy atom. The van der Waals surface area contributed by atoms with E-state index in [1.807, 2.05) is 60.7 Å². The number of hydrogen-bond acceptors (Lipinski definition) is 1. The van der Waals surface area contributed by atoms with Crippen molar-refractivity contribution in [2.75, 3.05) is 0 Å². The van der Waals surface area contributed by atoms with E-state index in [1.54, 1.807) is 0 Å². The Bertz CT molecular complexity index is 589. The Balaban J connectivity index is 2.18. The zero-order chi connectivity index (χ0) is 13.8. The molecule has 0 aliphatic heterocycles. The molecule has 0 amide bonds. The molecule has 2 heteroatoms. The third kappa shape index (κ3) is 2.33. The fourth-order valence-electron chi connectivity index (χ4n) is 2.50. The molecule has 0 saturated carbocycles. The summed E-state index contributed by atoms with van der Waals surface area (Å²) in [7, 11) is -2.09. The number of rotatable bonds is 3. The van der Waals surface area contributed by atoms with Crippen molar-refractivity contribution in [3.63, 3.8) is 0 Å². The number of hydrogen-bond donors (Lipinski definition) is 1. The summed E-state index contributed by atoms with van der Waals surface area (Å²) in [6.07, 6.45) is 8.22. The molecule has 0 atom stereocenters. The van der Waals surface area contributed by atoms with Gasteiger partial charge in [-0.1, -0.05) is 64.9 Å². The van der Waals surface area contributed by atoms with Crippen LogP contribution >= 0.6 is 10.3 Å². The van der Waals surface area contributed by atoms with E-state index in [0.29, 0.717) is 0 Å². The van der Waals surface area contributed by atoms with Gasteiger partial charge in [-0.3, -0.25) is 0 Å². The molecule has 2 aromatic rings. The molecule has 102 valence electrons. The van der Waals surface area contributed by atoms with E-state index in [4.69, 9.17) is 0 Å². The van der Waals surface area contributed by atoms with E-state index < -0.39 is 10.3 Å². The maximum atomic E-state index is 11.6. The van der Waals surface area contributed by atoms with Crippen LogP contribution in [-0.2, 0) is 0 Å². The first-order valence-corrected chi connectivity index (χ1v) is 8.42. The van der Waals surface area contributed by atoms with E-state index in [0.717, 1.165) is 27.5 Å². The molecular formula is C18H18OS. The van der Waals surface area contributed by atoms with Crippen LogP contribution < -0.4 is 0 Å². The molecule has 1 nitrogen and oxygen atoms in total. The average Bonchev–Trinajstić information content (AvgIpc) is 2.56. The lowest BCUT2D eigenvalue weighted by atomic mass is 10.2. The smallest absolute Gasteiger partial charge is 0.0210 e. The van der Waals surface area contributed by atoms with Crippen molar-refractivity contribution in [2.45, 2.75) is 22.6 Å². The second kappa shape index (κ2) is 5.70. The van der Waals surface area contributed by atoms with Crippen molar-refractivity contribution in [1.29, 1.82) is 0 Å². The maximum absolute atomic E-state index is 11.6. The SMILES string of the molecule is OS(C1=CC=CCC1)(c1ccccc1)c1ccccc1. The first-order valence-electron chi connectivity index (χ1n) is 6.83. The molecule has 0 fully saturated rings. The van der Waals surface area contributed by atoms with Crippen molar-refractivity contribution in [3.05, 3.63) is 83.8 Å². The lowest BCUT2D eigenvalue weighted by Gasteiger charge is -2.38. The highest BCUT2D eigenvalue weighted by Gasteiger charge is 2.30. The largest absolute Gasteiger partial charge is 0.339 e. The molecule has 0 radical (unpaired) electrons. The van der Waals surface area contributed by atoms with Gasteiger partial charge in [-0.2, -0.15) is 0 Å². The standard InChI is InChI=1S/C18H18OS/c19-20(16-10-4-1-5-11-16,17-12-6-2-7-13-17)18-14-8-3-9-15-18/h1-8,10-14,19H,9,15H2. The highest BCUT2D eigenvalue weighted by molar-refractivity contribution is 8.32. The molecule has 0 heterocycles. The Kier molecular flexibility index (Phi) is 3.77. The number of benzene rings is 2. The van der Waals surface area contributed by atoms with Gasteiger partial charge in [-0.25, -0.2) is 0 Å². The van der Waals surface area contributed by atoms with E-state index in [-0.39, 0.29) is 0 Å². The molecule has 1 aliphatic carbocycles. The van der Waals surface area contributed by atoms with Gasteiger partial charge in [-0.05, 0) is 42.0 Å². The quantitative estimate of drug-likeness (QED) is 0.775. The second-order valence-electron chi connectivity index (χ2n) is 4.81. The van der Waals surface area contributed by atoms with Crippen molar-refractivity contribution in [1.82, 2.24) is 0 Å². The Labute approximate surface area is 121 Å². The first kappa shape index (κ1) is 13.2. The van der Waals surface area contributed by atoms with Crippen LogP contribution in [0.1, 0.15) is 12.8 Å². The molecule has 0 saturated heterocycles. The number of allylic oxidation sites excluding steroid dienone is 4. The normalized spacial score (nSPS) is 15.8. The predicted molar refractivity (Wildman–Crippen MR) is 86.1 cm³/mol. The van der Waals surface area contributed by atoms with Crippen LogP contribution in [0, 0.1) is 0 Å². The Morgan fingerprint density at radius 1 is 0.800 bits per heavy atom. The van der Waals surface area contributed by atoms with Crippen molar-refractivity contribution in [3.8, 4) is 0 Å². The molecule has 0 spiro atoms. The van der Waals surface area contributed by atoms with Crippen LogP contribution in [-0.4, -0.2) is 4.55 Å². The van der Waals surface area contributed by atoms with Crippen molar-refractivity contribution < 1.29 is 4.55 Å². The van der Waals surface area contributed by atoms with Gasteiger partial charge in [0.25, 0.3) is 0 Å².